The van der Waals surface area contributed by atoms with Gasteiger partial charge < -0.3 is 14.8 Å². The summed E-state index contributed by atoms with van der Waals surface area (Å²) in [6.45, 7) is 3.75. The van der Waals surface area contributed by atoms with E-state index in [-0.39, 0.29) is 6.10 Å². The summed E-state index contributed by atoms with van der Waals surface area (Å²) in [6, 6.07) is 4.37. The van der Waals surface area contributed by atoms with E-state index in [4.69, 9.17) is 9.47 Å². The van der Waals surface area contributed by atoms with Crippen LogP contribution in [0.4, 0.5) is 0 Å². The first kappa shape index (κ1) is 13.3. The second kappa shape index (κ2) is 6.71. The van der Waals surface area contributed by atoms with Crippen molar-refractivity contribution >= 4 is 0 Å². The Labute approximate surface area is 109 Å². The van der Waals surface area contributed by atoms with Crippen molar-refractivity contribution in [2.24, 2.45) is 0 Å². The highest BCUT2D eigenvalue weighted by Gasteiger charge is 2.15. The van der Waals surface area contributed by atoms with Crippen molar-refractivity contribution in [2.45, 2.75) is 38.3 Å². The largest absolute Gasteiger partial charge is 0.489 e. The van der Waals surface area contributed by atoms with Gasteiger partial charge in [0.25, 0.3) is 0 Å². The molecule has 1 fully saturated rings. The van der Waals surface area contributed by atoms with Crippen molar-refractivity contribution in [3.05, 3.63) is 24.0 Å². The number of nitrogens with one attached hydrogen (secondary N) is 1. The normalized spacial score (nSPS) is 18.6. The molecule has 2 rings (SSSR count). The highest BCUT2D eigenvalue weighted by atomic mass is 16.5. The Morgan fingerprint density at radius 1 is 1.44 bits per heavy atom. The van der Waals surface area contributed by atoms with Crippen LogP contribution in [0.2, 0.25) is 0 Å². The number of ether oxygens (including phenoxy) is 2. The minimum atomic E-state index is 0.276. The SMILES string of the molecule is CCC(NC)c1ccc(OC2CCOCC2)cn1. The lowest BCUT2D eigenvalue weighted by atomic mass is 10.1. The van der Waals surface area contributed by atoms with E-state index in [2.05, 4.69) is 17.2 Å². The highest BCUT2D eigenvalue weighted by Crippen LogP contribution is 2.20. The summed E-state index contributed by atoms with van der Waals surface area (Å²) in [5.41, 5.74) is 1.07. The average Bonchev–Trinajstić information content (AvgIpc) is 2.43. The predicted molar refractivity (Wildman–Crippen MR) is 70.8 cm³/mol. The van der Waals surface area contributed by atoms with Gasteiger partial charge >= 0.3 is 0 Å². The maximum atomic E-state index is 5.89. The van der Waals surface area contributed by atoms with Crippen LogP contribution in [0.25, 0.3) is 0 Å². The van der Waals surface area contributed by atoms with E-state index in [0.717, 1.165) is 43.9 Å². The van der Waals surface area contributed by atoms with Gasteiger partial charge in [0.05, 0.1) is 25.1 Å². The second-order valence-electron chi connectivity index (χ2n) is 4.60. The molecule has 18 heavy (non-hydrogen) atoms. The number of hydrogen-bond donors (Lipinski definition) is 1. The molecule has 0 aliphatic carbocycles. The van der Waals surface area contributed by atoms with Gasteiger partial charge in [0, 0.05) is 18.9 Å². The fraction of sp³-hybridized carbons (Fsp3) is 0.643. The van der Waals surface area contributed by atoms with Crippen molar-refractivity contribution < 1.29 is 9.47 Å². The van der Waals surface area contributed by atoms with E-state index in [0.29, 0.717) is 6.04 Å². The molecule has 2 heterocycles. The predicted octanol–water partition coefficient (Wildman–Crippen LogP) is 2.31. The summed E-state index contributed by atoms with van der Waals surface area (Å²) in [5.74, 6) is 0.858. The van der Waals surface area contributed by atoms with Gasteiger partial charge in [0.1, 0.15) is 11.9 Å². The van der Waals surface area contributed by atoms with E-state index in [1.165, 1.54) is 0 Å². The van der Waals surface area contributed by atoms with Crippen LogP contribution < -0.4 is 10.1 Å². The zero-order chi connectivity index (χ0) is 12.8. The van der Waals surface area contributed by atoms with Gasteiger partial charge in [0.2, 0.25) is 0 Å². The van der Waals surface area contributed by atoms with Crippen LogP contribution in [0.15, 0.2) is 18.3 Å². The van der Waals surface area contributed by atoms with Gasteiger partial charge in [-0.05, 0) is 25.6 Å². The molecule has 100 valence electrons. The summed E-state index contributed by atoms with van der Waals surface area (Å²) in [5, 5.41) is 3.25. The molecule has 0 aromatic carbocycles. The van der Waals surface area contributed by atoms with Crippen molar-refractivity contribution in [1.82, 2.24) is 10.3 Å². The molecule has 1 unspecified atom stereocenters. The summed E-state index contributed by atoms with van der Waals surface area (Å²) >= 11 is 0. The Bertz CT molecular complexity index is 343. The third-order valence-electron chi connectivity index (χ3n) is 3.34. The van der Waals surface area contributed by atoms with Crippen LogP contribution >= 0.6 is 0 Å². The maximum Gasteiger partial charge on any atom is 0.138 e. The third kappa shape index (κ3) is 3.43. The highest BCUT2D eigenvalue weighted by molar-refractivity contribution is 5.21. The first-order valence-electron chi connectivity index (χ1n) is 6.71. The monoisotopic (exact) mass is 250 g/mol. The van der Waals surface area contributed by atoms with Gasteiger partial charge in [-0.2, -0.15) is 0 Å². The quantitative estimate of drug-likeness (QED) is 0.871. The molecule has 0 spiro atoms. The zero-order valence-corrected chi connectivity index (χ0v) is 11.2. The molecule has 1 N–H and O–H groups in total. The van der Waals surface area contributed by atoms with Crippen LogP contribution in [-0.2, 0) is 4.74 Å². The number of rotatable bonds is 5. The third-order valence-corrected chi connectivity index (χ3v) is 3.34. The molecule has 1 aliphatic rings. The number of aromatic nitrogens is 1. The van der Waals surface area contributed by atoms with Crippen molar-refractivity contribution in [3.8, 4) is 5.75 Å². The molecule has 1 saturated heterocycles. The molecule has 1 aromatic heterocycles. The summed E-state index contributed by atoms with van der Waals surface area (Å²) < 4.78 is 11.2. The molecular weight excluding hydrogens is 228 g/mol. The lowest BCUT2D eigenvalue weighted by Gasteiger charge is -2.23. The summed E-state index contributed by atoms with van der Waals surface area (Å²) in [4.78, 5) is 4.47. The molecule has 0 saturated carbocycles. The Balaban J connectivity index is 1.94. The van der Waals surface area contributed by atoms with Gasteiger partial charge in [-0.15, -0.1) is 0 Å². The fourth-order valence-electron chi connectivity index (χ4n) is 2.21. The van der Waals surface area contributed by atoms with Crippen LogP contribution in [0.1, 0.15) is 37.9 Å². The molecule has 0 amide bonds. The van der Waals surface area contributed by atoms with Gasteiger partial charge in [0.15, 0.2) is 0 Å². The van der Waals surface area contributed by atoms with Gasteiger partial charge in [-0.1, -0.05) is 6.92 Å². The molecular formula is C14H22N2O2. The second-order valence-corrected chi connectivity index (χ2v) is 4.60. The maximum absolute atomic E-state index is 5.89. The standard InChI is InChI=1S/C14H22N2O2/c1-3-13(15-2)14-5-4-12(10-16-14)18-11-6-8-17-9-7-11/h4-5,10-11,13,15H,3,6-9H2,1-2H3. The van der Waals surface area contributed by atoms with E-state index in [9.17, 15) is 0 Å². The molecule has 4 heteroatoms. The minimum absolute atomic E-state index is 0.276. The first-order chi connectivity index (χ1) is 8.83. The lowest BCUT2D eigenvalue weighted by Crippen LogP contribution is -2.26. The van der Waals surface area contributed by atoms with Gasteiger partial charge in [-0.3, -0.25) is 4.98 Å². The Morgan fingerprint density at radius 2 is 2.22 bits per heavy atom. The van der Waals surface area contributed by atoms with E-state index in [1.54, 1.807) is 0 Å². The van der Waals surface area contributed by atoms with Crippen molar-refractivity contribution in [3.63, 3.8) is 0 Å². The molecule has 1 aromatic rings. The van der Waals surface area contributed by atoms with E-state index >= 15 is 0 Å². The van der Waals surface area contributed by atoms with Gasteiger partial charge in [-0.25, -0.2) is 0 Å². The molecule has 1 atom stereocenters. The van der Waals surface area contributed by atoms with Crippen LogP contribution in [0.5, 0.6) is 5.75 Å². The average molecular weight is 250 g/mol. The molecule has 1 aliphatic heterocycles. The van der Waals surface area contributed by atoms with E-state index in [1.807, 2.05) is 25.4 Å². The first-order valence-corrected chi connectivity index (χ1v) is 6.71. The number of hydrogen-bond acceptors (Lipinski definition) is 4. The lowest BCUT2D eigenvalue weighted by molar-refractivity contribution is 0.0254. The number of pyridine rings is 1. The Kier molecular flexibility index (Phi) is 4.96. The number of nitrogens with zero attached hydrogens (tertiary/aromatic N) is 1. The van der Waals surface area contributed by atoms with Crippen LogP contribution in [0.3, 0.4) is 0 Å². The summed E-state index contributed by atoms with van der Waals surface area (Å²) in [7, 11) is 1.96. The minimum Gasteiger partial charge on any atom is -0.489 e. The fourth-order valence-corrected chi connectivity index (χ4v) is 2.21. The molecule has 0 radical (unpaired) electrons. The molecule has 0 bridgehead atoms. The zero-order valence-electron chi connectivity index (χ0n) is 11.2. The Morgan fingerprint density at radius 3 is 2.78 bits per heavy atom. The van der Waals surface area contributed by atoms with Crippen molar-refractivity contribution in [2.75, 3.05) is 20.3 Å². The van der Waals surface area contributed by atoms with E-state index < -0.39 is 0 Å². The Hall–Kier alpha value is -1.13. The summed E-state index contributed by atoms with van der Waals surface area (Å²) in [6.07, 6.45) is 5.07. The topological polar surface area (TPSA) is 43.4 Å². The molecule has 4 nitrogen and oxygen atoms in total. The smallest absolute Gasteiger partial charge is 0.138 e. The van der Waals surface area contributed by atoms with Crippen LogP contribution in [0, 0.1) is 0 Å². The van der Waals surface area contributed by atoms with Crippen LogP contribution in [-0.4, -0.2) is 31.3 Å². The van der Waals surface area contributed by atoms with Crippen molar-refractivity contribution in [1.29, 1.82) is 0 Å².